The van der Waals surface area contributed by atoms with Crippen LogP contribution in [0.2, 0.25) is 0 Å². The smallest absolute Gasteiger partial charge is 0.160 e. The Morgan fingerprint density at radius 3 is 2.83 bits per heavy atom. The molecule has 3 nitrogen and oxygen atoms in total. The Labute approximate surface area is 72.0 Å². The third kappa shape index (κ3) is 1.89. The second-order valence-corrected chi connectivity index (χ2v) is 2.50. The zero-order chi connectivity index (χ0) is 8.97. The van der Waals surface area contributed by atoms with E-state index in [0.29, 0.717) is 5.75 Å². The molecule has 0 aromatic heterocycles. The fraction of sp³-hybridized carbons (Fsp3) is 0.222. The van der Waals surface area contributed by atoms with E-state index in [0.717, 1.165) is 12.1 Å². The van der Waals surface area contributed by atoms with Crippen molar-refractivity contribution in [1.82, 2.24) is 0 Å². The molecule has 0 amide bonds. The van der Waals surface area contributed by atoms with E-state index in [9.17, 15) is 5.11 Å². The molecule has 0 fully saturated rings. The molecule has 12 heavy (non-hydrogen) atoms. The van der Waals surface area contributed by atoms with Crippen molar-refractivity contribution in [2.75, 3.05) is 7.11 Å². The lowest BCUT2D eigenvalue weighted by molar-refractivity contribution is -0.612. The molecule has 0 unspecified atom stereocenters. The van der Waals surface area contributed by atoms with Gasteiger partial charge in [-0.05, 0) is 18.2 Å². The minimum absolute atomic E-state index is 0.178. The van der Waals surface area contributed by atoms with Gasteiger partial charge >= 0.3 is 0 Å². The first-order valence-corrected chi connectivity index (χ1v) is 3.74. The van der Waals surface area contributed by atoms with Gasteiger partial charge in [-0.15, -0.1) is 0 Å². The van der Waals surface area contributed by atoms with Crippen LogP contribution in [0.3, 0.4) is 0 Å². The molecular weight excluding hydrogens is 154 g/mol. The Morgan fingerprint density at radius 2 is 2.33 bits per heavy atom. The highest BCUT2D eigenvalue weighted by Crippen LogP contribution is 2.25. The molecule has 0 aliphatic carbocycles. The van der Waals surface area contributed by atoms with Crippen molar-refractivity contribution in [3.8, 4) is 11.5 Å². The number of rotatable bonds is 3. The molecule has 66 valence electrons. The number of aromatic hydroxyl groups is 1. The lowest BCUT2D eigenvalue weighted by Gasteiger charge is -2.05. The van der Waals surface area contributed by atoms with Gasteiger partial charge in [-0.3, -0.25) is 0 Å². The Morgan fingerprint density at radius 1 is 1.58 bits per heavy atom. The number of hydrogen-bond acceptors (Lipinski definition) is 2. The number of benzene rings is 1. The SMILES string of the molecule is [CH2-][NH2+]Cc1ccc(OC)c(O)c1. The summed E-state index contributed by atoms with van der Waals surface area (Å²) in [6.07, 6.45) is 0. The molecule has 1 aromatic carbocycles. The monoisotopic (exact) mass is 167 g/mol. The third-order valence-corrected chi connectivity index (χ3v) is 1.62. The predicted octanol–water partition coefficient (Wildman–Crippen LogP) is 0.256. The van der Waals surface area contributed by atoms with E-state index < -0.39 is 0 Å². The zero-order valence-electron chi connectivity index (χ0n) is 7.08. The molecule has 0 aliphatic rings. The molecule has 0 spiro atoms. The van der Waals surface area contributed by atoms with Crippen LogP contribution in [0.4, 0.5) is 0 Å². The number of phenols is 1. The lowest BCUT2D eigenvalue weighted by atomic mass is 10.2. The highest BCUT2D eigenvalue weighted by Gasteiger charge is 2.01. The maximum atomic E-state index is 9.36. The van der Waals surface area contributed by atoms with Crippen LogP contribution in [0.15, 0.2) is 18.2 Å². The van der Waals surface area contributed by atoms with Crippen LogP contribution in [-0.4, -0.2) is 12.2 Å². The molecule has 0 aliphatic heterocycles. The molecule has 0 radical (unpaired) electrons. The van der Waals surface area contributed by atoms with E-state index in [2.05, 4.69) is 7.05 Å². The van der Waals surface area contributed by atoms with Crippen LogP contribution in [0.25, 0.3) is 0 Å². The average Bonchev–Trinajstić information content (AvgIpc) is 2.05. The van der Waals surface area contributed by atoms with E-state index in [1.165, 1.54) is 7.11 Å². The molecule has 0 heterocycles. The number of quaternary nitrogens is 1. The van der Waals surface area contributed by atoms with Gasteiger partial charge < -0.3 is 15.2 Å². The average molecular weight is 167 g/mol. The molecule has 0 atom stereocenters. The Kier molecular flexibility index (Phi) is 2.94. The topological polar surface area (TPSA) is 46.1 Å². The van der Waals surface area contributed by atoms with Crippen LogP contribution >= 0.6 is 0 Å². The first kappa shape index (κ1) is 8.87. The van der Waals surface area contributed by atoms with Gasteiger partial charge in [0.1, 0.15) is 0 Å². The van der Waals surface area contributed by atoms with Crippen molar-refractivity contribution >= 4 is 0 Å². The minimum atomic E-state index is 0.178. The normalized spacial score (nSPS) is 9.83. The number of hydrogen-bond donors (Lipinski definition) is 2. The summed E-state index contributed by atoms with van der Waals surface area (Å²) in [5.41, 5.74) is 1.03. The first-order valence-electron chi connectivity index (χ1n) is 3.74. The van der Waals surface area contributed by atoms with Gasteiger partial charge in [0.15, 0.2) is 11.5 Å². The van der Waals surface area contributed by atoms with Crippen molar-refractivity contribution in [3.63, 3.8) is 0 Å². The van der Waals surface area contributed by atoms with Gasteiger partial charge in [-0.25, -0.2) is 0 Å². The van der Waals surface area contributed by atoms with E-state index in [4.69, 9.17) is 4.74 Å². The summed E-state index contributed by atoms with van der Waals surface area (Å²) in [6, 6.07) is 5.33. The number of nitrogens with two attached hydrogens (primary N) is 1. The van der Waals surface area contributed by atoms with Gasteiger partial charge in [0, 0.05) is 5.56 Å². The van der Waals surface area contributed by atoms with Crippen molar-refractivity contribution in [2.45, 2.75) is 6.54 Å². The lowest BCUT2D eigenvalue weighted by Crippen LogP contribution is -2.74. The molecule has 0 saturated heterocycles. The molecule has 1 aromatic rings. The fourth-order valence-electron chi connectivity index (χ4n) is 1.03. The summed E-state index contributed by atoms with van der Waals surface area (Å²) in [6.45, 7) is 0.761. The van der Waals surface area contributed by atoms with Crippen molar-refractivity contribution in [2.24, 2.45) is 0 Å². The van der Waals surface area contributed by atoms with Gasteiger partial charge in [-0.2, -0.15) is 7.05 Å². The third-order valence-electron chi connectivity index (χ3n) is 1.62. The molecule has 3 heteroatoms. The van der Waals surface area contributed by atoms with E-state index in [1.54, 1.807) is 17.4 Å². The maximum absolute atomic E-state index is 9.36. The summed E-state index contributed by atoms with van der Waals surface area (Å²) in [7, 11) is 5.15. The highest BCUT2D eigenvalue weighted by molar-refractivity contribution is 5.41. The fourth-order valence-corrected chi connectivity index (χ4v) is 1.03. The molecule has 0 bridgehead atoms. The summed E-state index contributed by atoms with van der Waals surface area (Å²) in [5, 5.41) is 11.2. The van der Waals surface area contributed by atoms with Crippen LogP contribution in [0.1, 0.15) is 5.56 Å². The van der Waals surface area contributed by atoms with Crippen LogP contribution in [0.5, 0.6) is 11.5 Å². The second kappa shape index (κ2) is 3.97. The summed E-state index contributed by atoms with van der Waals surface area (Å²) < 4.78 is 4.90. The highest BCUT2D eigenvalue weighted by atomic mass is 16.5. The van der Waals surface area contributed by atoms with Crippen LogP contribution in [-0.2, 0) is 6.54 Å². The van der Waals surface area contributed by atoms with Gasteiger partial charge in [-0.1, -0.05) is 0 Å². The van der Waals surface area contributed by atoms with E-state index >= 15 is 0 Å². The Hall–Kier alpha value is -1.22. The van der Waals surface area contributed by atoms with Crippen LogP contribution in [0, 0.1) is 7.05 Å². The largest absolute Gasteiger partial charge is 0.504 e. The summed E-state index contributed by atoms with van der Waals surface area (Å²) >= 11 is 0. The van der Waals surface area contributed by atoms with E-state index in [-0.39, 0.29) is 5.75 Å². The second-order valence-electron chi connectivity index (χ2n) is 2.50. The van der Waals surface area contributed by atoms with Gasteiger partial charge in [0.2, 0.25) is 0 Å². The summed E-state index contributed by atoms with van der Waals surface area (Å²) in [5.74, 6) is 0.680. The number of phenolic OH excluding ortho intramolecular Hbond substituents is 1. The van der Waals surface area contributed by atoms with Crippen molar-refractivity contribution in [3.05, 3.63) is 30.8 Å². The molecular formula is C9H13NO2. The first-order chi connectivity index (χ1) is 5.77. The predicted molar refractivity (Wildman–Crippen MR) is 45.6 cm³/mol. The number of methoxy groups -OCH3 is 1. The standard InChI is InChI=1S/C9H13NO2/c1-10-6-7-3-4-9(12-2)8(11)5-7/h3-5,11H,1,6,10H2,2H3. The van der Waals surface area contributed by atoms with Gasteiger partial charge in [0.05, 0.1) is 13.7 Å². The maximum Gasteiger partial charge on any atom is 0.160 e. The molecule has 1 rings (SSSR count). The summed E-state index contributed by atoms with van der Waals surface area (Å²) in [4.78, 5) is 0. The van der Waals surface area contributed by atoms with Crippen molar-refractivity contribution < 1.29 is 15.2 Å². The molecule has 3 N–H and O–H groups in total. The molecule has 0 saturated carbocycles. The quantitative estimate of drug-likeness (QED) is 0.634. The minimum Gasteiger partial charge on any atom is -0.504 e. The van der Waals surface area contributed by atoms with Gasteiger partial charge in [0.25, 0.3) is 0 Å². The Balaban J connectivity index is 2.86. The Bertz CT molecular complexity index is 261. The van der Waals surface area contributed by atoms with Crippen LogP contribution < -0.4 is 10.1 Å². The van der Waals surface area contributed by atoms with E-state index in [1.807, 2.05) is 6.07 Å². The van der Waals surface area contributed by atoms with Crippen molar-refractivity contribution in [1.29, 1.82) is 0 Å². The number of ether oxygens (including phenoxy) is 1. The zero-order valence-corrected chi connectivity index (χ0v) is 7.08.